The fourth-order valence-corrected chi connectivity index (χ4v) is 2.47. The van der Waals surface area contributed by atoms with Gasteiger partial charge in [0.05, 0.1) is 12.7 Å². The van der Waals surface area contributed by atoms with Crippen LogP contribution in [0, 0.1) is 0 Å². The van der Waals surface area contributed by atoms with Crippen molar-refractivity contribution in [3.63, 3.8) is 0 Å². The molecule has 2 aromatic rings. The molecule has 2 rings (SSSR count). The second-order valence-corrected chi connectivity index (χ2v) is 5.62. The Morgan fingerprint density at radius 2 is 2.04 bits per heavy atom. The van der Waals surface area contributed by atoms with E-state index in [1.165, 1.54) is 18.7 Å². The summed E-state index contributed by atoms with van der Waals surface area (Å²) in [6.07, 6.45) is 2.47. The van der Waals surface area contributed by atoms with E-state index < -0.39 is 18.0 Å². The molecule has 0 bridgehead atoms. The molecule has 0 radical (unpaired) electrons. The summed E-state index contributed by atoms with van der Waals surface area (Å²) in [5.41, 5.74) is 0.902. The molecule has 126 valence electrons. The number of ether oxygens (including phenoxy) is 2. The molecule has 0 fully saturated rings. The van der Waals surface area contributed by atoms with Crippen LogP contribution in [0.15, 0.2) is 47.6 Å². The van der Waals surface area contributed by atoms with Crippen molar-refractivity contribution in [2.45, 2.75) is 18.1 Å². The Labute approximate surface area is 144 Å². The van der Waals surface area contributed by atoms with E-state index >= 15 is 0 Å². The van der Waals surface area contributed by atoms with Crippen LogP contribution in [0.4, 0.5) is 5.69 Å². The molecule has 0 saturated carbocycles. The van der Waals surface area contributed by atoms with Crippen LogP contribution in [0.1, 0.15) is 17.3 Å². The zero-order valence-electron chi connectivity index (χ0n) is 13.6. The Morgan fingerprint density at radius 3 is 2.75 bits per heavy atom. The highest BCUT2D eigenvalue weighted by Gasteiger charge is 2.21. The van der Waals surface area contributed by atoms with Gasteiger partial charge in [0.25, 0.3) is 5.91 Å². The van der Waals surface area contributed by atoms with Crippen molar-refractivity contribution in [1.82, 2.24) is 4.98 Å². The van der Waals surface area contributed by atoms with Gasteiger partial charge in [0.15, 0.2) is 6.10 Å². The summed E-state index contributed by atoms with van der Waals surface area (Å²) in [7, 11) is 1.54. The SMILES string of the molecule is COc1cccc(NC(=O)[C@@H](C)OC(=O)c2cccnc2SC)c1. The number of amides is 1. The van der Waals surface area contributed by atoms with Gasteiger partial charge in [0, 0.05) is 18.0 Å². The van der Waals surface area contributed by atoms with Gasteiger partial charge in [-0.15, -0.1) is 11.8 Å². The molecule has 1 N–H and O–H groups in total. The first-order valence-corrected chi connectivity index (χ1v) is 8.42. The minimum Gasteiger partial charge on any atom is -0.497 e. The van der Waals surface area contributed by atoms with Crippen LogP contribution in [0.2, 0.25) is 0 Å². The molecule has 1 heterocycles. The van der Waals surface area contributed by atoms with Crippen LogP contribution in [-0.2, 0) is 9.53 Å². The number of carbonyl (C=O) groups is 2. The van der Waals surface area contributed by atoms with Crippen LogP contribution in [-0.4, -0.2) is 36.3 Å². The molecule has 0 spiro atoms. The van der Waals surface area contributed by atoms with E-state index in [1.807, 2.05) is 6.26 Å². The summed E-state index contributed by atoms with van der Waals surface area (Å²) in [5, 5.41) is 3.24. The summed E-state index contributed by atoms with van der Waals surface area (Å²) < 4.78 is 10.3. The van der Waals surface area contributed by atoms with Crippen molar-refractivity contribution in [2.75, 3.05) is 18.7 Å². The van der Waals surface area contributed by atoms with E-state index in [0.29, 0.717) is 22.0 Å². The molecule has 24 heavy (non-hydrogen) atoms. The first-order chi connectivity index (χ1) is 11.5. The van der Waals surface area contributed by atoms with E-state index in [1.54, 1.807) is 49.7 Å². The van der Waals surface area contributed by atoms with Crippen LogP contribution in [0.5, 0.6) is 5.75 Å². The first-order valence-electron chi connectivity index (χ1n) is 7.20. The quantitative estimate of drug-likeness (QED) is 0.640. The number of nitrogens with zero attached hydrogens (tertiary/aromatic N) is 1. The highest BCUT2D eigenvalue weighted by atomic mass is 32.2. The fraction of sp³-hybridized carbons (Fsp3) is 0.235. The van der Waals surface area contributed by atoms with Crippen molar-refractivity contribution in [3.8, 4) is 5.75 Å². The Hall–Kier alpha value is -2.54. The third kappa shape index (κ3) is 4.48. The number of carbonyl (C=O) groups excluding carboxylic acids is 2. The lowest BCUT2D eigenvalue weighted by molar-refractivity contribution is -0.123. The molecule has 1 aromatic heterocycles. The minimum absolute atomic E-state index is 0.339. The normalized spacial score (nSPS) is 11.5. The van der Waals surface area contributed by atoms with Crippen LogP contribution in [0.3, 0.4) is 0 Å². The molecule has 0 unspecified atom stereocenters. The van der Waals surface area contributed by atoms with Gasteiger partial charge in [-0.2, -0.15) is 0 Å². The third-order valence-electron chi connectivity index (χ3n) is 3.17. The van der Waals surface area contributed by atoms with Gasteiger partial charge in [-0.05, 0) is 37.4 Å². The van der Waals surface area contributed by atoms with Gasteiger partial charge >= 0.3 is 5.97 Å². The largest absolute Gasteiger partial charge is 0.497 e. The molecule has 6 nitrogen and oxygen atoms in total. The number of hydrogen-bond donors (Lipinski definition) is 1. The number of benzene rings is 1. The Bertz CT molecular complexity index is 736. The summed E-state index contributed by atoms with van der Waals surface area (Å²) in [5.74, 6) is -0.385. The van der Waals surface area contributed by atoms with Crippen molar-refractivity contribution >= 4 is 29.3 Å². The van der Waals surface area contributed by atoms with Crippen molar-refractivity contribution in [2.24, 2.45) is 0 Å². The summed E-state index contributed by atoms with van der Waals surface area (Å²) in [4.78, 5) is 28.5. The van der Waals surface area contributed by atoms with E-state index in [4.69, 9.17) is 9.47 Å². The molecule has 7 heteroatoms. The van der Waals surface area contributed by atoms with E-state index in [9.17, 15) is 9.59 Å². The maximum absolute atomic E-state index is 12.2. The lowest BCUT2D eigenvalue weighted by atomic mass is 10.2. The highest BCUT2D eigenvalue weighted by molar-refractivity contribution is 7.98. The standard InChI is InChI=1S/C17H18N2O4S/c1-11(15(20)19-12-6-4-7-13(10-12)22-2)23-17(21)14-8-5-9-18-16(14)24-3/h4-11H,1-3H3,(H,19,20)/t11-/m1/s1. The fourth-order valence-electron chi connectivity index (χ4n) is 1.93. The topological polar surface area (TPSA) is 77.5 Å². The van der Waals surface area contributed by atoms with Crippen LogP contribution in [0.25, 0.3) is 0 Å². The predicted octanol–water partition coefficient (Wildman–Crippen LogP) is 3.00. The van der Waals surface area contributed by atoms with E-state index in [2.05, 4.69) is 10.3 Å². The average Bonchev–Trinajstić information content (AvgIpc) is 2.61. The molecule has 1 amide bonds. The molecule has 1 atom stereocenters. The molecule has 0 aliphatic heterocycles. The second-order valence-electron chi connectivity index (χ2n) is 4.83. The number of pyridine rings is 1. The third-order valence-corrected chi connectivity index (χ3v) is 3.89. The maximum atomic E-state index is 12.2. The number of hydrogen-bond acceptors (Lipinski definition) is 6. The Balaban J connectivity index is 2.01. The van der Waals surface area contributed by atoms with E-state index in [0.717, 1.165) is 0 Å². The Morgan fingerprint density at radius 1 is 1.25 bits per heavy atom. The molecule has 0 saturated heterocycles. The van der Waals surface area contributed by atoms with Crippen molar-refractivity contribution in [3.05, 3.63) is 48.2 Å². The maximum Gasteiger partial charge on any atom is 0.341 e. The number of anilines is 1. The zero-order chi connectivity index (χ0) is 17.5. The molecule has 0 aliphatic carbocycles. The second kappa shape index (κ2) is 8.35. The van der Waals surface area contributed by atoms with Crippen LogP contribution >= 0.6 is 11.8 Å². The van der Waals surface area contributed by atoms with Crippen LogP contribution < -0.4 is 10.1 Å². The number of rotatable bonds is 6. The van der Waals surface area contributed by atoms with Gasteiger partial charge in [-0.25, -0.2) is 9.78 Å². The minimum atomic E-state index is -0.946. The molecular weight excluding hydrogens is 328 g/mol. The van der Waals surface area contributed by atoms with Gasteiger partial charge in [0.1, 0.15) is 10.8 Å². The number of thioether (sulfide) groups is 1. The lowest BCUT2D eigenvalue weighted by Crippen LogP contribution is -2.30. The first kappa shape index (κ1) is 17.8. The highest BCUT2D eigenvalue weighted by Crippen LogP contribution is 2.19. The Kier molecular flexibility index (Phi) is 6.20. The van der Waals surface area contributed by atoms with Gasteiger partial charge in [-0.1, -0.05) is 6.07 Å². The molecular formula is C17H18N2O4S. The predicted molar refractivity (Wildman–Crippen MR) is 92.5 cm³/mol. The summed E-state index contributed by atoms with van der Waals surface area (Å²) in [6, 6.07) is 10.2. The number of aromatic nitrogens is 1. The van der Waals surface area contributed by atoms with E-state index in [-0.39, 0.29) is 0 Å². The average molecular weight is 346 g/mol. The van der Waals surface area contributed by atoms with Gasteiger partial charge < -0.3 is 14.8 Å². The zero-order valence-corrected chi connectivity index (χ0v) is 14.4. The molecule has 1 aromatic carbocycles. The molecule has 0 aliphatic rings. The monoisotopic (exact) mass is 346 g/mol. The van der Waals surface area contributed by atoms with Crippen molar-refractivity contribution < 1.29 is 19.1 Å². The smallest absolute Gasteiger partial charge is 0.341 e. The number of methoxy groups -OCH3 is 1. The van der Waals surface area contributed by atoms with Crippen molar-refractivity contribution in [1.29, 1.82) is 0 Å². The number of nitrogens with one attached hydrogen (secondary N) is 1. The van der Waals surface area contributed by atoms with Gasteiger partial charge in [-0.3, -0.25) is 4.79 Å². The number of esters is 1. The van der Waals surface area contributed by atoms with Gasteiger partial charge in [0.2, 0.25) is 0 Å². The summed E-state index contributed by atoms with van der Waals surface area (Å²) in [6.45, 7) is 1.52. The lowest BCUT2D eigenvalue weighted by Gasteiger charge is -2.14. The summed E-state index contributed by atoms with van der Waals surface area (Å²) >= 11 is 1.34.